The molecule has 1 aromatic carbocycles. The van der Waals surface area contributed by atoms with Crippen molar-refractivity contribution in [2.75, 3.05) is 13.7 Å². The Morgan fingerprint density at radius 3 is 3.15 bits per heavy atom. The van der Waals surface area contributed by atoms with Gasteiger partial charge in [0.15, 0.2) is 0 Å². The van der Waals surface area contributed by atoms with Crippen molar-refractivity contribution in [1.29, 1.82) is 0 Å². The average molecular weight is 180 g/mol. The number of methoxy groups -OCH3 is 1. The molecule has 3 nitrogen and oxygen atoms in total. The van der Waals surface area contributed by atoms with E-state index in [0.717, 1.165) is 17.7 Å². The molecule has 0 bridgehead atoms. The summed E-state index contributed by atoms with van der Waals surface area (Å²) in [6.07, 6.45) is 0.756. The van der Waals surface area contributed by atoms with E-state index < -0.39 is 0 Å². The molecule has 0 saturated heterocycles. The number of hydrogen-bond donors (Lipinski definition) is 1. The van der Waals surface area contributed by atoms with Crippen LogP contribution in [0.2, 0.25) is 0 Å². The van der Waals surface area contributed by atoms with Gasteiger partial charge in [0.2, 0.25) is 0 Å². The van der Waals surface area contributed by atoms with Gasteiger partial charge in [-0.3, -0.25) is 0 Å². The zero-order valence-electron chi connectivity index (χ0n) is 7.49. The predicted molar refractivity (Wildman–Crippen MR) is 48.0 cm³/mol. The predicted octanol–water partition coefficient (Wildman–Crippen LogP) is 1.86. The molecule has 0 saturated carbocycles. The van der Waals surface area contributed by atoms with Crippen molar-refractivity contribution in [3.05, 3.63) is 23.8 Å². The number of fused-ring (bicyclic) bond motifs is 1. The van der Waals surface area contributed by atoms with Crippen LogP contribution >= 0.6 is 0 Å². The summed E-state index contributed by atoms with van der Waals surface area (Å²) in [5.74, 6) is 0.988. The van der Waals surface area contributed by atoms with Gasteiger partial charge in [-0.1, -0.05) is 6.07 Å². The summed E-state index contributed by atoms with van der Waals surface area (Å²) in [6.45, 7) is 0.648. The van der Waals surface area contributed by atoms with Gasteiger partial charge < -0.3 is 14.6 Å². The Morgan fingerprint density at radius 2 is 2.38 bits per heavy atom. The van der Waals surface area contributed by atoms with Gasteiger partial charge in [-0.15, -0.1) is 0 Å². The molecule has 1 aromatic rings. The summed E-state index contributed by atoms with van der Waals surface area (Å²) in [4.78, 5) is 0. The number of ether oxygens (including phenoxy) is 2. The van der Waals surface area contributed by atoms with Crippen LogP contribution in [0.1, 0.15) is 18.1 Å². The summed E-state index contributed by atoms with van der Waals surface area (Å²) in [5.41, 5.74) is 0.774. The Morgan fingerprint density at radius 1 is 1.54 bits per heavy atom. The molecule has 13 heavy (non-hydrogen) atoms. The molecule has 1 heterocycles. The molecular weight excluding hydrogens is 168 g/mol. The molecule has 0 spiro atoms. The fourth-order valence-corrected chi connectivity index (χ4v) is 1.64. The summed E-state index contributed by atoms with van der Waals surface area (Å²) in [7, 11) is 1.65. The number of aromatic hydroxyl groups is 1. The molecule has 70 valence electrons. The molecular formula is C10H12O3. The van der Waals surface area contributed by atoms with Crippen molar-refractivity contribution >= 4 is 0 Å². The maximum atomic E-state index is 9.60. The fourth-order valence-electron chi connectivity index (χ4n) is 1.64. The molecule has 0 aliphatic carbocycles. The van der Waals surface area contributed by atoms with Gasteiger partial charge in [-0.05, 0) is 12.1 Å². The van der Waals surface area contributed by atoms with Gasteiger partial charge >= 0.3 is 0 Å². The van der Waals surface area contributed by atoms with Crippen LogP contribution < -0.4 is 4.74 Å². The second kappa shape index (κ2) is 3.26. The van der Waals surface area contributed by atoms with Crippen LogP contribution in [-0.2, 0) is 4.74 Å². The number of hydrogen-bond acceptors (Lipinski definition) is 3. The molecule has 1 aliphatic rings. The van der Waals surface area contributed by atoms with E-state index in [1.165, 1.54) is 0 Å². The number of rotatable bonds is 1. The lowest BCUT2D eigenvalue weighted by molar-refractivity contribution is 0.0613. The minimum Gasteiger partial charge on any atom is -0.507 e. The number of benzene rings is 1. The number of phenols is 1. The highest BCUT2D eigenvalue weighted by Crippen LogP contribution is 2.39. The monoisotopic (exact) mass is 180 g/mol. The molecule has 1 aliphatic heterocycles. The van der Waals surface area contributed by atoms with Crippen LogP contribution in [0.4, 0.5) is 0 Å². The highest BCUT2D eigenvalue weighted by Gasteiger charge is 2.23. The maximum absolute atomic E-state index is 9.60. The fraction of sp³-hybridized carbons (Fsp3) is 0.400. The molecule has 0 aromatic heterocycles. The molecule has 1 unspecified atom stereocenters. The van der Waals surface area contributed by atoms with Crippen LogP contribution in [0.5, 0.6) is 11.5 Å². The summed E-state index contributed by atoms with van der Waals surface area (Å²) in [6, 6.07) is 5.27. The van der Waals surface area contributed by atoms with E-state index in [4.69, 9.17) is 9.47 Å². The Hall–Kier alpha value is -1.22. The summed E-state index contributed by atoms with van der Waals surface area (Å²) in [5, 5.41) is 9.60. The summed E-state index contributed by atoms with van der Waals surface area (Å²) >= 11 is 0. The second-order valence-corrected chi connectivity index (χ2v) is 3.05. The van der Waals surface area contributed by atoms with Crippen molar-refractivity contribution in [2.24, 2.45) is 0 Å². The molecule has 1 N–H and O–H groups in total. The van der Waals surface area contributed by atoms with Crippen molar-refractivity contribution in [3.63, 3.8) is 0 Å². The Bertz CT molecular complexity index is 309. The first-order valence-electron chi connectivity index (χ1n) is 4.30. The van der Waals surface area contributed by atoms with Crippen LogP contribution in [0, 0.1) is 0 Å². The summed E-state index contributed by atoms with van der Waals surface area (Å²) < 4.78 is 10.7. The molecule has 0 amide bonds. The van der Waals surface area contributed by atoms with Crippen molar-refractivity contribution < 1.29 is 14.6 Å². The first-order valence-corrected chi connectivity index (χ1v) is 4.30. The van der Waals surface area contributed by atoms with Crippen LogP contribution in [0.3, 0.4) is 0 Å². The number of phenolic OH excluding ortho intramolecular Hbond substituents is 1. The molecule has 3 heteroatoms. The van der Waals surface area contributed by atoms with Crippen molar-refractivity contribution in [1.82, 2.24) is 0 Å². The van der Waals surface area contributed by atoms with E-state index in [-0.39, 0.29) is 11.9 Å². The molecule has 0 radical (unpaired) electrons. The third-order valence-corrected chi connectivity index (χ3v) is 2.29. The Balaban J connectivity index is 2.47. The van der Waals surface area contributed by atoms with Gasteiger partial charge in [-0.2, -0.15) is 0 Å². The van der Waals surface area contributed by atoms with E-state index >= 15 is 0 Å². The van der Waals surface area contributed by atoms with E-state index in [9.17, 15) is 5.11 Å². The lowest BCUT2D eigenvalue weighted by Gasteiger charge is -2.25. The van der Waals surface area contributed by atoms with Crippen LogP contribution in [0.15, 0.2) is 18.2 Å². The van der Waals surface area contributed by atoms with Crippen molar-refractivity contribution in [2.45, 2.75) is 12.5 Å². The highest BCUT2D eigenvalue weighted by atomic mass is 16.5. The normalized spacial score (nSPS) is 20.5. The largest absolute Gasteiger partial charge is 0.507 e. The van der Waals surface area contributed by atoms with E-state index in [1.807, 2.05) is 6.07 Å². The van der Waals surface area contributed by atoms with E-state index in [2.05, 4.69) is 0 Å². The molecule has 0 fully saturated rings. The maximum Gasteiger partial charge on any atom is 0.128 e. The van der Waals surface area contributed by atoms with Crippen LogP contribution in [-0.4, -0.2) is 18.8 Å². The zero-order chi connectivity index (χ0) is 9.26. The van der Waals surface area contributed by atoms with E-state index in [1.54, 1.807) is 19.2 Å². The second-order valence-electron chi connectivity index (χ2n) is 3.05. The van der Waals surface area contributed by atoms with Gasteiger partial charge in [0.05, 0.1) is 18.3 Å². The van der Waals surface area contributed by atoms with Crippen LogP contribution in [0.25, 0.3) is 0 Å². The minimum atomic E-state index is -0.0371. The smallest absolute Gasteiger partial charge is 0.128 e. The van der Waals surface area contributed by atoms with Gasteiger partial charge in [0.25, 0.3) is 0 Å². The topological polar surface area (TPSA) is 38.7 Å². The average Bonchev–Trinajstić information content (AvgIpc) is 2.17. The lowest BCUT2D eigenvalue weighted by atomic mass is 10.0. The zero-order valence-corrected chi connectivity index (χ0v) is 7.49. The Labute approximate surface area is 76.9 Å². The SMILES string of the molecule is COC1CCOc2cccc(O)c21. The van der Waals surface area contributed by atoms with Gasteiger partial charge in [0.1, 0.15) is 11.5 Å². The first kappa shape index (κ1) is 8.38. The van der Waals surface area contributed by atoms with E-state index in [0.29, 0.717) is 6.61 Å². The third kappa shape index (κ3) is 1.35. The minimum absolute atomic E-state index is 0.0371. The van der Waals surface area contributed by atoms with Gasteiger partial charge in [0, 0.05) is 13.5 Å². The Kier molecular flexibility index (Phi) is 2.10. The van der Waals surface area contributed by atoms with Gasteiger partial charge in [-0.25, -0.2) is 0 Å². The lowest BCUT2D eigenvalue weighted by Crippen LogP contribution is -2.15. The highest BCUT2D eigenvalue weighted by molar-refractivity contribution is 5.46. The molecule has 1 atom stereocenters. The quantitative estimate of drug-likeness (QED) is 0.717. The van der Waals surface area contributed by atoms with Crippen molar-refractivity contribution in [3.8, 4) is 11.5 Å². The third-order valence-electron chi connectivity index (χ3n) is 2.29. The molecule has 2 rings (SSSR count). The first-order chi connectivity index (χ1) is 6.33. The standard InChI is InChI=1S/C10H12O3/c1-12-8-5-6-13-9-4-2-3-7(11)10(8)9/h2-4,8,11H,5-6H2,1H3.